The van der Waals surface area contributed by atoms with E-state index in [1.54, 1.807) is 6.07 Å². The van der Waals surface area contributed by atoms with Crippen LogP contribution in [0.25, 0.3) is 0 Å². The van der Waals surface area contributed by atoms with Gasteiger partial charge in [-0.3, -0.25) is 0 Å². The predicted molar refractivity (Wildman–Crippen MR) is 78.8 cm³/mol. The van der Waals surface area contributed by atoms with E-state index >= 15 is 0 Å². The summed E-state index contributed by atoms with van der Waals surface area (Å²) in [5.41, 5.74) is 6.30. The molecule has 0 spiro atoms. The van der Waals surface area contributed by atoms with Crippen molar-refractivity contribution in [3.05, 3.63) is 10.9 Å². The van der Waals surface area contributed by atoms with Crippen LogP contribution in [-0.4, -0.2) is 43.7 Å². The van der Waals surface area contributed by atoms with E-state index in [4.69, 9.17) is 10.5 Å². The third kappa shape index (κ3) is 3.61. The molecule has 0 radical (unpaired) electrons. The van der Waals surface area contributed by atoms with Crippen LogP contribution in [0.4, 0.5) is 10.7 Å². The van der Waals surface area contributed by atoms with Gasteiger partial charge in [0.15, 0.2) is 0 Å². The van der Waals surface area contributed by atoms with E-state index in [0.717, 1.165) is 11.5 Å². The number of nitrogens with one attached hydrogen (secondary N) is 1. The maximum Gasteiger partial charge on any atom is 0.350 e. The van der Waals surface area contributed by atoms with Gasteiger partial charge >= 0.3 is 5.97 Å². The van der Waals surface area contributed by atoms with Gasteiger partial charge in [0.2, 0.25) is 0 Å². The standard InChI is InChI=1S/C13H21N3O2S/c1-9(8-16-5-3-4-6-16)15-11-7-10(14)12(19-11)13(17)18-2/h7,9,15H,3-6,8,14H2,1-2H3. The van der Waals surface area contributed by atoms with Crippen LogP contribution in [-0.2, 0) is 4.74 Å². The van der Waals surface area contributed by atoms with Crippen molar-refractivity contribution in [1.29, 1.82) is 0 Å². The fraction of sp³-hybridized carbons (Fsp3) is 0.615. The lowest BCUT2D eigenvalue weighted by Crippen LogP contribution is -2.32. The molecule has 0 saturated carbocycles. The van der Waals surface area contributed by atoms with Crippen molar-refractivity contribution in [3.63, 3.8) is 0 Å². The summed E-state index contributed by atoms with van der Waals surface area (Å²) in [6, 6.07) is 2.14. The Morgan fingerprint density at radius 3 is 2.89 bits per heavy atom. The fourth-order valence-electron chi connectivity index (χ4n) is 2.37. The lowest BCUT2D eigenvalue weighted by Gasteiger charge is -2.21. The van der Waals surface area contributed by atoms with Gasteiger partial charge in [-0.1, -0.05) is 0 Å². The summed E-state index contributed by atoms with van der Waals surface area (Å²) in [4.78, 5) is 14.4. The number of nitrogens with two attached hydrogens (primary N) is 1. The van der Waals surface area contributed by atoms with Crippen LogP contribution < -0.4 is 11.1 Å². The maximum absolute atomic E-state index is 11.5. The number of ether oxygens (including phenoxy) is 1. The van der Waals surface area contributed by atoms with Crippen molar-refractivity contribution >= 4 is 28.0 Å². The highest BCUT2D eigenvalue weighted by atomic mass is 32.1. The Morgan fingerprint density at radius 1 is 1.58 bits per heavy atom. The molecule has 1 unspecified atom stereocenters. The average Bonchev–Trinajstić information content (AvgIpc) is 2.98. The van der Waals surface area contributed by atoms with Crippen LogP contribution in [0, 0.1) is 0 Å². The summed E-state index contributed by atoms with van der Waals surface area (Å²) in [5, 5.41) is 4.32. The summed E-state index contributed by atoms with van der Waals surface area (Å²) >= 11 is 1.35. The summed E-state index contributed by atoms with van der Waals surface area (Å²) in [7, 11) is 1.37. The van der Waals surface area contributed by atoms with E-state index in [1.165, 1.54) is 44.4 Å². The van der Waals surface area contributed by atoms with E-state index in [-0.39, 0.29) is 5.97 Å². The Balaban J connectivity index is 1.93. The van der Waals surface area contributed by atoms with Gasteiger partial charge in [0.05, 0.1) is 17.8 Å². The Hall–Kier alpha value is -1.27. The van der Waals surface area contributed by atoms with Gasteiger partial charge < -0.3 is 20.7 Å². The zero-order valence-electron chi connectivity index (χ0n) is 11.4. The second kappa shape index (κ2) is 6.25. The minimum Gasteiger partial charge on any atom is -0.465 e. The highest BCUT2D eigenvalue weighted by Crippen LogP contribution is 2.30. The Kier molecular flexibility index (Phi) is 4.66. The fourth-order valence-corrected chi connectivity index (χ4v) is 3.38. The van der Waals surface area contributed by atoms with E-state index in [9.17, 15) is 4.79 Å². The van der Waals surface area contributed by atoms with Crippen LogP contribution >= 0.6 is 11.3 Å². The molecular weight excluding hydrogens is 262 g/mol. The molecule has 1 aliphatic rings. The quantitative estimate of drug-likeness (QED) is 0.809. The molecule has 0 amide bonds. The molecule has 1 aliphatic heterocycles. The smallest absolute Gasteiger partial charge is 0.350 e. The van der Waals surface area contributed by atoms with Gasteiger partial charge in [-0.15, -0.1) is 11.3 Å². The first-order chi connectivity index (χ1) is 9.10. The normalized spacial score (nSPS) is 17.4. The molecule has 1 aromatic heterocycles. The predicted octanol–water partition coefficient (Wildman–Crippen LogP) is 2.01. The number of likely N-dealkylation sites (tertiary alicyclic amines) is 1. The summed E-state index contributed by atoms with van der Waals surface area (Å²) in [6.45, 7) is 5.54. The first kappa shape index (κ1) is 14.1. The SMILES string of the molecule is COC(=O)c1sc(NC(C)CN2CCCC2)cc1N. The zero-order valence-corrected chi connectivity index (χ0v) is 12.3. The summed E-state index contributed by atoms with van der Waals surface area (Å²) in [5.74, 6) is -0.372. The van der Waals surface area contributed by atoms with Crippen molar-refractivity contribution in [3.8, 4) is 0 Å². The Morgan fingerprint density at radius 2 is 2.26 bits per heavy atom. The van der Waals surface area contributed by atoms with Gasteiger partial charge in [0.1, 0.15) is 4.88 Å². The second-order valence-electron chi connectivity index (χ2n) is 4.94. The average molecular weight is 283 g/mol. The topological polar surface area (TPSA) is 67.6 Å². The molecule has 106 valence electrons. The monoisotopic (exact) mass is 283 g/mol. The maximum atomic E-state index is 11.5. The lowest BCUT2D eigenvalue weighted by molar-refractivity contribution is 0.0607. The summed E-state index contributed by atoms with van der Waals surface area (Å²) in [6.07, 6.45) is 2.59. The van der Waals surface area contributed by atoms with Crippen LogP contribution in [0.1, 0.15) is 29.4 Å². The molecule has 6 heteroatoms. The van der Waals surface area contributed by atoms with Crippen LogP contribution in [0.5, 0.6) is 0 Å². The number of esters is 1. The van der Waals surface area contributed by atoms with E-state index in [2.05, 4.69) is 17.1 Å². The molecule has 0 aliphatic carbocycles. The van der Waals surface area contributed by atoms with Crippen molar-refractivity contribution in [2.75, 3.05) is 37.8 Å². The molecule has 1 aromatic rings. The van der Waals surface area contributed by atoms with Gasteiger partial charge in [-0.05, 0) is 38.9 Å². The van der Waals surface area contributed by atoms with Crippen molar-refractivity contribution in [2.45, 2.75) is 25.8 Å². The van der Waals surface area contributed by atoms with Crippen LogP contribution in [0.2, 0.25) is 0 Å². The second-order valence-corrected chi connectivity index (χ2v) is 5.99. The number of carbonyl (C=O) groups excluding carboxylic acids is 1. The molecule has 2 rings (SSSR count). The molecule has 0 aromatic carbocycles. The summed E-state index contributed by atoms with van der Waals surface area (Å²) < 4.78 is 4.70. The highest BCUT2D eigenvalue weighted by molar-refractivity contribution is 7.18. The molecule has 5 nitrogen and oxygen atoms in total. The Bertz CT molecular complexity index is 441. The zero-order chi connectivity index (χ0) is 13.8. The van der Waals surface area contributed by atoms with E-state index in [1.807, 2.05) is 0 Å². The van der Waals surface area contributed by atoms with Crippen LogP contribution in [0.15, 0.2) is 6.07 Å². The largest absolute Gasteiger partial charge is 0.465 e. The molecule has 0 bridgehead atoms. The van der Waals surface area contributed by atoms with E-state index < -0.39 is 0 Å². The lowest BCUT2D eigenvalue weighted by atomic mass is 10.3. The van der Waals surface area contributed by atoms with Crippen molar-refractivity contribution < 1.29 is 9.53 Å². The van der Waals surface area contributed by atoms with Gasteiger partial charge in [0, 0.05) is 12.6 Å². The highest BCUT2D eigenvalue weighted by Gasteiger charge is 2.18. The number of anilines is 2. The number of carbonyl (C=O) groups is 1. The minimum atomic E-state index is -0.372. The first-order valence-electron chi connectivity index (χ1n) is 6.56. The number of methoxy groups -OCH3 is 1. The van der Waals surface area contributed by atoms with Crippen molar-refractivity contribution in [1.82, 2.24) is 4.90 Å². The molecule has 2 heterocycles. The molecule has 3 N–H and O–H groups in total. The van der Waals surface area contributed by atoms with E-state index in [0.29, 0.717) is 16.6 Å². The third-order valence-corrected chi connectivity index (χ3v) is 4.31. The molecule has 1 atom stereocenters. The number of nitrogen functional groups attached to an aromatic ring is 1. The van der Waals surface area contributed by atoms with Gasteiger partial charge in [0.25, 0.3) is 0 Å². The molecule has 1 saturated heterocycles. The number of nitrogens with zero attached hydrogens (tertiary/aromatic N) is 1. The number of thiophene rings is 1. The van der Waals surface area contributed by atoms with Crippen LogP contribution in [0.3, 0.4) is 0 Å². The molecule has 1 fully saturated rings. The van der Waals surface area contributed by atoms with Gasteiger partial charge in [-0.25, -0.2) is 4.79 Å². The van der Waals surface area contributed by atoms with Crippen molar-refractivity contribution in [2.24, 2.45) is 0 Å². The number of hydrogen-bond donors (Lipinski definition) is 2. The molecule has 19 heavy (non-hydrogen) atoms. The number of rotatable bonds is 5. The third-order valence-electron chi connectivity index (χ3n) is 3.25. The minimum absolute atomic E-state index is 0.335. The van der Waals surface area contributed by atoms with Gasteiger partial charge in [-0.2, -0.15) is 0 Å². The first-order valence-corrected chi connectivity index (χ1v) is 7.38. The number of hydrogen-bond acceptors (Lipinski definition) is 6. The molecular formula is C13H21N3O2S. The Labute approximate surface area is 117 Å².